The lowest BCUT2D eigenvalue weighted by molar-refractivity contribution is -0.378. The van der Waals surface area contributed by atoms with Gasteiger partial charge in [0.2, 0.25) is 10.0 Å². The van der Waals surface area contributed by atoms with Gasteiger partial charge in [-0.05, 0) is 6.07 Å². The van der Waals surface area contributed by atoms with Gasteiger partial charge in [-0.3, -0.25) is 0 Å². The lowest BCUT2D eigenvalue weighted by Gasteiger charge is -1.98. The number of nitrogens with one attached hydrogen (secondary N) is 2. The van der Waals surface area contributed by atoms with Crippen LogP contribution in [0.15, 0.2) is 24.5 Å². The third kappa shape index (κ3) is 5.57. The van der Waals surface area contributed by atoms with E-state index in [4.69, 9.17) is 0 Å². The average Bonchev–Trinajstić information content (AvgIpc) is 2.02. The van der Waals surface area contributed by atoms with E-state index in [0.29, 0.717) is 6.54 Å². The standard InChI is InChI=1S/C7H10N2O2S.ClH/c1-12(10,11)9-6-7-3-2-4-8-5-7;/h2-5,9H,6H2,1H3;1H. The van der Waals surface area contributed by atoms with Gasteiger partial charge < -0.3 is 12.4 Å². The molecular weight excluding hydrogens is 212 g/mol. The van der Waals surface area contributed by atoms with Crippen molar-refractivity contribution in [2.45, 2.75) is 6.54 Å². The lowest BCUT2D eigenvalue weighted by Crippen LogP contribution is -3.00. The number of aromatic nitrogens is 1. The Balaban J connectivity index is 0.00000144. The summed E-state index contributed by atoms with van der Waals surface area (Å²) in [5, 5.41) is 0. The quantitative estimate of drug-likeness (QED) is 0.579. The summed E-state index contributed by atoms with van der Waals surface area (Å²) in [6, 6.07) is 3.66. The van der Waals surface area contributed by atoms with Gasteiger partial charge in [-0.1, -0.05) is 0 Å². The number of H-pyrrole nitrogens is 1. The number of rotatable bonds is 3. The van der Waals surface area contributed by atoms with Crippen LogP contribution in [0, 0.1) is 0 Å². The molecule has 0 unspecified atom stereocenters. The average molecular weight is 223 g/mol. The minimum absolute atomic E-state index is 0. The van der Waals surface area contributed by atoms with E-state index in [1.165, 1.54) is 0 Å². The maximum absolute atomic E-state index is 10.7. The highest BCUT2D eigenvalue weighted by molar-refractivity contribution is 7.88. The van der Waals surface area contributed by atoms with E-state index in [2.05, 4.69) is 9.71 Å². The first-order valence-electron chi connectivity index (χ1n) is 3.47. The van der Waals surface area contributed by atoms with E-state index in [0.717, 1.165) is 11.8 Å². The summed E-state index contributed by atoms with van der Waals surface area (Å²) in [5.41, 5.74) is 0.905. The highest BCUT2D eigenvalue weighted by Crippen LogP contribution is 1.92. The van der Waals surface area contributed by atoms with E-state index in [1.807, 2.05) is 12.1 Å². The van der Waals surface area contributed by atoms with E-state index in [9.17, 15) is 8.42 Å². The zero-order chi connectivity index (χ0) is 9.03. The SMILES string of the molecule is CS(=O)(=O)NCc1ccc[nH+]c1.[Cl-]. The van der Waals surface area contributed by atoms with Crippen LogP contribution in [-0.2, 0) is 16.6 Å². The first-order chi connectivity index (χ1) is 5.58. The van der Waals surface area contributed by atoms with Crippen molar-refractivity contribution in [1.29, 1.82) is 0 Å². The van der Waals surface area contributed by atoms with Gasteiger partial charge in [0.1, 0.15) is 0 Å². The number of halogens is 1. The van der Waals surface area contributed by atoms with Gasteiger partial charge in [0.15, 0.2) is 12.4 Å². The molecule has 6 heteroatoms. The fourth-order valence-corrected chi connectivity index (χ4v) is 1.18. The molecule has 0 amide bonds. The number of aromatic amines is 1. The van der Waals surface area contributed by atoms with Crippen molar-refractivity contribution < 1.29 is 25.8 Å². The van der Waals surface area contributed by atoms with Crippen LogP contribution in [0.1, 0.15) is 5.56 Å². The third-order valence-electron chi connectivity index (χ3n) is 1.31. The fraction of sp³-hybridized carbons (Fsp3) is 0.286. The second-order valence-electron chi connectivity index (χ2n) is 2.50. The minimum Gasteiger partial charge on any atom is -1.00 e. The van der Waals surface area contributed by atoms with Crippen molar-refractivity contribution in [3.63, 3.8) is 0 Å². The molecule has 1 aromatic heterocycles. The third-order valence-corrected chi connectivity index (χ3v) is 1.98. The Hall–Kier alpha value is -0.650. The topological polar surface area (TPSA) is 60.3 Å². The van der Waals surface area contributed by atoms with E-state index in [-0.39, 0.29) is 12.4 Å². The first-order valence-corrected chi connectivity index (χ1v) is 5.37. The maximum atomic E-state index is 10.7. The minimum atomic E-state index is -3.09. The molecule has 0 fully saturated rings. The molecular formula is C7H11ClN2O2S. The van der Waals surface area contributed by atoms with E-state index in [1.54, 1.807) is 12.4 Å². The highest BCUT2D eigenvalue weighted by Gasteiger charge is 2.01. The van der Waals surface area contributed by atoms with Crippen molar-refractivity contribution in [2.75, 3.05) is 6.26 Å². The molecule has 0 spiro atoms. The van der Waals surface area contributed by atoms with Crippen molar-refractivity contribution in [2.24, 2.45) is 0 Å². The molecule has 74 valence electrons. The summed E-state index contributed by atoms with van der Waals surface area (Å²) in [6.45, 7) is 0.330. The van der Waals surface area contributed by atoms with Gasteiger partial charge in [0.05, 0.1) is 6.26 Å². The van der Waals surface area contributed by atoms with Crippen LogP contribution >= 0.6 is 0 Å². The molecule has 0 aliphatic carbocycles. The summed E-state index contributed by atoms with van der Waals surface area (Å²) in [6.07, 6.45) is 4.65. The molecule has 0 aromatic carbocycles. The molecule has 0 saturated heterocycles. The first kappa shape index (κ1) is 12.3. The monoisotopic (exact) mass is 222 g/mol. The summed E-state index contributed by atoms with van der Waals surface area (Å²) in [4.78, 5) is 2.86. The van der Waals surface area contributed by atoms with E-state index < -0.39 is 10.0 Å². The smallest absolute Gasteiger partial charge is 0.209 e. The highest BCUT2D eigenvalue weighted by atomic mass is 35.5. The van der Waals surface area contributed by atoms with Gasteiger partial charge in [-0.15, -0.1) is 0 Å². The van der Waals surface area contributed by atoms with Crippen molar-refractivity contribution in [1.82, 2.24) is 4.72 Å². The zero-order valence-corrected chi connectivity index (χ0v) is 8.69. The van der Waals surface area contributed by atoms with Crippen LogP contribution in [-0.4, -0.2) is 14.7 Å². The Morgan fingerprint density at radius 1 is 1.54 bits per heavy atom. The molecule has 0 aliphatic heterocycles. The second-order valence-corrected chi connectivity index (χ2v) is 4.34. The molecule has 13 heavy (non-hydrogen) atoms. The molecule has 4 nitrogen and oxygen atoms in total. The molecule has 0 atom stereocenters. The Kier molecular flexibility index (Phi) is 4.90. The molecule has 1 rings (SSSR count). The van der Waals surface area contributed by atoms with Gasteiger partial charge in [-0.25, -0.2) is 18.1 Å². The Labute approximate surface area is 83.8 Å². The van der Waals surface area contributed by atoms with Crippen molar-refractivity contribution >= 4 is 10.0 Å². The predicted octanol–water partition coefficient (Wildman–Crippen LogP) is -3.45. The predicted molar refractivity (Wildman–Crippen MR) is 44.7 cm³/mol. The maximum Gasteiger partial charge on any atom is 0.209 e. The summed E-state index contributed by atoms with van der Waals surface area (Å²) in [5.74, 6) is 0. The van der Waals surface area contributed by atoms with Crippen molar-refractivity contribution in [3.05, 3.63) is 30.1 Å². The van der Waals surface area contributed by atoms with Crippen LogP contribution < -0.4 is 22.1 Å². The Morgan fingerprint density at radius 3 is 2.69 bits per heavy atom. The van der Waals surface area contributed by atoms with Gasteiger partial charge in [-0.2, -0.15) is 0 Å². The fourth-order valence-electron chi connectivity index (χ4n) is 0.755. The van der Waals surface area contributed by atoms with Gasteiger partial charge in [0.25, 0.3) is 0 Å². The molecule has 1 aromatic rings. The summed E-state index contributed by atoms with van der Waals surface area (Å²) >= 11 is 0. The van der Waals surface area contributed by atoms with Crippen molar-refractivity contribution in [3.8, 4) is 0 Å². The van der Waals surface area contributed by atoms with E-state index >= 15 is 0 Å². The molecule has 0 saturated carbocycles. The van der Waals surface area contributed by atoms with Crippen LogP contribution in [0.5, 0.6) is 0 Å². The summed E-state index contributed by atoms with van der Waals surface area (Å²) < 4.78 is 23.8. The van der Waals surface area contributed by atoms with Crippen LogP contribution in [0.25, 0.3) is 0 Å². The number of hydrogen-bond acceptors (Lipinski definition) is 2. The Morgan fingerprint density at radius 2 is 2.23 bits per heavy atom. The number of pyridine rings is 1. The molecule has 0 aliphatic rings. The van der Waals surface area contributed by atoms with Crippen LogP contribution in [0.4, 0.5) is 0 Å². The second kappa shape index (κ2) is 5.16. The van der Waals surface area contributed by atoms with Gasteiger partial charge in [0, 0.05) is 18.2 Å². The Bertz CT molecular complexity index is 339. The lowest BCUT2D eigenvalue weighted by atomic mass is 10.3. The van der Waals surface area contributed by atoms with Crippen LogP contribution in [0.2, 0.25) is 0 Å². The zero-order valence-electron chi connectivity index (χ0n) is 7.12. The number of hydrogen-bond donors (Lipinski definition) is 1. The summed E-state index contributed by atoms with van der Waals surface area (Å²) in [7, 11) is -3.09. The normalized spacial score (nSPS) is 10.5. The molecule has 2 N–H and O–H groups in total. The van der Waals surface area contributed by atoms with Gasteiger partial charge >= 0.3 is 0 Å². The molecule has 1 heterocycles. The number of sulfonamides is 1. The molecule has 0 bridgehead atoms. The van der Waals surface area contributed by atoms with Crippen LogP contribution in [0.3, 0.4) is 0 Å². The largest absolute Gasteiger partial charge is 1.00 e. The molecule has 0 radical (unpaired) electrons.